The number of carbonyl (C=O) groups excluding carboxylic acids is 1. The summed E-state index contributed by atoms with van der Waals surface area (Å²) in [5.74, 6) is 0.352. The maximum Gasteiger partial charge on any atom is 0.183 e. The van der Waals surface area contributed by atoms with Crippen molar-refractivity contribution in [3.05, 3.63) is 49.6 Å². The number of Topliss-reactive ketones (excluding diaryl/α,β-unsaturated/α-hetero) is 1. The van der Waals surface area contributed by atoms with E-state index in [1.807, 2.05) is 0 Å². The lowest BCUT2D eigenvalue weighted by Gasteiger charge is -2.03. The smallest absolute Gasteiger partial charge is 0.183 e. The molecule has 0 aliphatic heterocycles. The Labute approximate surface area is 128 Å². The van der Waals surface area contributed by atoms with E-state index in [4.69, 9.17) is 34.8 Å². The van der Waals surface area contributed by atoms with E-state index in [0.717, 1.165) is 4.90 Å². The number of carbonyl (C=O) groups is 1. The Bertz CT molecular complexity index is 580. The first kappa shape index (κ1) is 14.2. The monoisotopic (exact) mass is 336 g/mol. The van der Waals surface area contributed by atoms with Crippen molar-refractivity contribution in [1.82, 2.24) is 0 Å². The van der Waals surface area contributed by atoms with Crippen molar-refractivity contribution in [3.63, 3.8) is 0 Å². The van der Waals surface area contributed by atoms with Crippen LogP contribution < -0.4 is 0 Å². The molecule has 0 fully saturated rings. The SMILES string of the molecule is O=C(CSc1cc(Cl)ccc1Cl)c1ccc(Cl)s1. The van der Waals surface area contributed by atoms with Crippen LogP contribution in [0.25, 0.3) is 0 Å². The van der Waals surface area contributed by atoms with Crippen LogP contribution in [0.4, 0.5) is 0 Å². The second-order valence-corrected chi connectivity index (χ2v) is 6.97. The number of hydrogen-bond donors (Lipinski definition) is 0. The van der Waals surface area contributed by atoms with E-state index in [1.54, 1.807) is 30.3 Å². The zero-order chi connectivity index (χ0) is 13.1. The molecule has 2 rings (SSSR count). The van der Waals surface area contributed by atoms with Crippen LogP contribution >= 0.6 is 57.9 Å². The molecule has 2 aromatic rings. The van der Waals surface area contributed by atoms with Crippen LogP contribution in [0.1, 0.15) is 9.67 Å². The number of thioether (sulfide) groups is 1. The van der Waals surface area contributed by atoms with E-state index >= 15 is 0 Å². The molecule has 1 aromatic carbocycles. The summed E-state index contributed by atoms with van der Waals surface area (Å²) in [5, 5.41) is 1.20. The first-order valence-corrected chi connectivity index (χ1v) is 7.86. The molecule has 0 spiro atoms. The van der Waals surface area contributed by atoms with E-state index < -0.39 is 0 Å². The standard InChI is InChI=1S/C12H7Cl3OS2/c13-7-1-2-8(14)11(5-7)17-6-9(16)10-3-4-12(15)18-10/h1-5H,6H2. The summed E-state index contributed by atoms with van der Waals surface area (Å²) < 4.78 is 0.615. The van der Waals surface area contributed by atoms with Gasteiger partial charge >= 0.3 is 0 Å². The van der Waals surface area contributed by atoms with Gasteiger partial charge in [-0.3, -0.25) is 4.79 Å². The van der Waals surface area contributed by atoms with Crippen LogP contribution in [0.15, 0.2) is 35.2 Å². The van der Waals surface area contributed by atoms with Gasteiger partial charge in [-0.15, -0.1) is 23.1 Å². The van der Waals surface area contributed by atoms with Gasteiger partial charge in [-0.25, -0.2) is 0 Å². The summed E-state index contributed by atoms with van der Waals surface area (Å²) in [6.07, 6.45) is 0. The summed E-state index contributed by atoms with van der Waals surface area (Å²) in [4.78, 5) is 13.3. The van der Waals surface area contributed by atoms with Crippen LogP contribution in [0.3, 0.4) is 0 Å². The van der Waals surface area contributed by atoms with Gasteiger partial charge in [0.2, 0.25) is 0 Å². The molecule has 18 heavy (non-hydrogen) atoms. The van der Waals surface area contributed by atoms with Gasteiger partial charge < -0.3 is 0 Å². The van der Waals surface area contributed by atoms with Gasteiger partial charge in [-0.2, -0.15) is 0 Å². The van der Waals surface area contributed by atoms with Crippen molar-refractivity contribution in [2.45, 2.75) is 4.90 Å². The molecule has 94 valence electrons. The first-order valence-electron chi connectivity index (χ1n) is 4.92. The van der Waals surface area contributed by atoms with E-state index in [-0.39, 0.29) is 5.78 Å². The lowest BCUT2D eigenvalue weighted by molar-refractivity contribution is 0.102. The second kappa shape index (κ2) is 6.31. The molecule has 1 nitrogen and oxygen atoms in total. The number of hydrogen-bond acceptors (Lipinski definition) is 3. The lowest BCUT2D eigenvalue weighted by Crippen LogP contribution is -1.99. The minimum absolute atomic E-state index is 0.0351. The van der Waals surface area contributed by atoms with Gasteiger partial charge in [0.25, 0.3) is 0 Å². The highest BCUT2D eigenvalue weighted by Gasteiger charge is 2.11. The summed E-state index contributed by atoms with van der Waals surface area (Å²) >= 11 is 20.3. The highest BCUT2D eigenvalue weighted by molar-refractivity contribution is 8.00. The van der Waals surface area contributed by atoms with E-state index in [1.165, 1.54) is 23.1 Å². The molecular formula is C12H7Cl3OS2. The Morgan fingerprint density at radius 1 is 1.17 bits per heavy atom. The first-order chi connectivity index (χ1) is 8.56. The van der Waals surface area contributed by atoms with Crippen LogP contribution in [-0.4, -0.2) is 11.5 Å². The topological polar surface area (TPSA) is 17.1 Å². The van der Waals surface area contributed by atoms with Gasteiger partial charge in [-0.05, 0) is 30.3 Å². The fourth-order valence-electron chi connectivity index (χ4n) is 1.27. The van der Waals surface area contributed by atoms with Gasteiger partial charge in [-0.1, -0.05) is 34.8 Å². The fourth-order valence-corrected chi connectivity index (χ4v) is 3.71. The average Bonchev–Trinajstić information content (AvgIpc) is 2.77. The van der Waals surface area contributed by atoms with Gasteiger partial charge in [0.15, 0.2) is 5.78 Å². The third-order valence-electron chi connectivity index (χ3n) is 2.10. The minimum Gasteiger partial charge on any atom is -0.292 e. The summed E-state index contributed by atoms with van der Waals surface area (Å²) in [5.41, 5.74) is 0. The van der Waals surface area contributed by atoms with Crippen molar-refractivity contribution < 1.29 is 4.79 Å². The van der Waals surface area contributed by atoms with Crippen molar-refractivity contribution in [3.8, 4) is 0 Å². The maximum absolute atomic E-state index is 11.9. The third kappa shape index (κ3) is 3.65. The zero-order valence-corrected chi connectivity index (χ0v) is 12.9. The molecule has 0 amide bonds. The number of halogens is 3. The predicted molar refractivity (Wildman–Crippen MR) is 80.8 cm³/mol. The number of ketones is 1. The van der Waals surface area contributed by atoms with Crippen LogP contribution in [0.5, 0.6) is 0 Å². The molecule has 0 saturated heterocycles. The van der Waals surface area contributed by atoms with Crippen molar-refractivity contribution >= 4 is 63.7 Å². The highest BCUT2D eigenvalue weighted by Crippen LogP contribution is 2.31. The molecule has 0 atom stereocenters. The quantitative estimate of drug-likeness (QED) is 0.527. The van der Waals surface area contributed by atoms with Gasteiger partial charge in [0, 0.05) is 9.92 Å². The lowest BCUT2D eigenvalue weighted by atomic mass is 10.3. The fraction of sp³-hybridized carbons (Fsp3) is 0.0833. The Morgan fingerprint density at radius 2 is 1.94 bits per heavy atom. The molecule has 0 bridgehead atoms. The maximum atomic E-state index is 11.9. The highest BCUT2D eigenvalue weighted by atomic mass is 35.5. The Kier molecular flexibility index (Phi) is 4.98. The predicted octanol–water partition coefficient (Wildman–Crippen LogP) is 5.68. The van der Waals surface area contributed by atoms with Crippen molar-refractivity contribution in [2.75, 3.05) is 5.75 Å². The molecule has 1 aromatic heterocycles. The van der Waals surface area contributed by atoms with Crippen LogP contribution in [-0.2, 0) is 0 Å². The number of rotatable bonds is 4. The summed E-state index contributed by atoms with van der Waals surface area (Å²) in [6, 6.07) is 8.64. The van der Waals surface area contributed by atoms with E-state index in [2.05, 4.69) is 0 Å². The molecular weight excluding hydrogens is 331 g/mol. The molecule has 1 heterocycles. The molecule has 0 aliphatic rings. The van der Waals surface area contributed by atoms with Gasteiger partial charge in [0.05, 0.1) is 20.0 Å². The second-order valence-electron chi connectivity index (χ2n) is 3.39. The normalized spacial score (nSPS) is 10.6. The summed E-state index contributed by atoms with van der Waals surface area (Å²) in [7, 11) is 0. The third-order valence-corrected chi connectivity index (χ3v) is 5.10. The average molecular weight is 338 g/mol. The zero-order valence-electron chi connectivity index (χ0n) is 8.95. The largest absolute Gasteiger partial charge is 0.292 e. The van der Waals surface area contributed by atoms with Crippen molar-refractivity contribution in [2.24, 2.45) is 0 Å². The molecule has 0 N–H and O–H groups in total. The Morgan fingerprint density at radius 3 is 2.61 bits per heavy atom. The van der Waals surface area contributed by atoms with Crippen molar-refractivity contribution in [1.29, 1.82) is 0 Å². The number of benzene rings is 1. The van der Waals surface area contributed by atoms with Crippen LogP contribution in [0, 0.1) is 0 Å². The molecule has 0 aliphatic carbocycles. The minimum atomic E-state index is 0.0351. The van der Waals surface area contributed by atoms with Gasteiger partial charge in [0.1, 0.15) is 0 Å². The summed E-state index contributed by atoms with van der Waals surface area (Å²) in [6.45, 7) is 0. The molecule has 0 saturated carbocycles. The van der Waals surface area contributed by atoms with E-state index in [9.17, 15) is 4.79 Å². The molecule has 6 heteroatoms. The Hall–Kier alpha value is -0.190. The van der Waals surface area contributed by atoms with E-state index in [0.29, 0.717) is 25.0 Å². The van der Waals surface area contributed by atoms with Crippen LogP contribution in [0.2, 0.25) is 14.4 Å². The molecule has 0 radical (unpaired) electrons. The number of thiophene rings is 1. The Balaban J connectivity index is 2.03. The molecule has 0 unspecified atom stereocenters.